The van der Waals surface area contributed by atoms with E-state index in [1.54, 1.807) is 30.5 Å². The Hall–Kier alpha value is -2.32. The lowest BCUT2D eigenvalue weighted by Gasteiger charge is -2.12. The Morgan fingerprint density at radius 3 is 2.47 bits per heavy atom. The van der Waals surface area contributed by atoms with E-state index in [0.29, 0.717) is 42.6 Å². The first-order chi connectivity index (χ1) is 14.5. The van der Waals surface area contributed by atoms with Gasteiger partial charge in [-0.05, 0) is 81.1 Å². The van der Waals surface area contributed by atoms with Crippen LogP contribution in [0, 0.1) is 0 Å². The van der Waals surface area contributed by atoms with Gasteiger partial charge in [0.15, 0.2) is 11.5 Å². The number of benzene rings is 2. The number of rotatable bonds is 11. The summed E-state index contributed by atoms with van der Waals surface area (Å²) in [4.78, 5) is 12.5. The molecule has 0 aliphatic carbocycles. The Morgan fingerprint density at radius 1 is 1.10 bits per heavy atom. The highest BCUT2D eigenvalue weighted by molar-refractivity contribution is 9.11. The van der Waals surface area contributed by atoms with Crippen molar-refractivity contribution in [2.45, 2.75) is 20.3 Å². The lowest BCUT2D eigenvalue weighted by atomic mass is 10.2. The summed E-state index contributed by atoms with van der Waals surface area (Å²) in [5.41, 5.74) is 3.73. The number of hydrogen-bond donors (Lipinski definition) is 1. The molecule has 2 aromatic carbocycles. The van der Waals surface area contributed by atoms with Crippen molar-refractivity contribution in [1.82, 2.24) is 5.43 Å². The Kier molecular flexibility index (Phi) is 9.89. The van der Waals surface area contributed by atoms with E-state index in [2.05, 4.69) is 49.0 Å². The van der Waals surface area contributed by atoms with Gasteiger partial charge in [0.05, 0.1) is 28.4 Å². The SMILES string of the molecule is C=CCOc1c(Br)cc(/C=N/NC(=O)c2ccc(OCCC)c(OCC)c2)cc1Br. The van der Waals surface area contributed by atoms with Crippen LogP contribution in [-0.4, -0.2) is 31.9 Å². The Labute approximate surface area is 193 Å². The number of carbonyl (C=O) groups excluding carboxylic acids is 1. The van der Waals surface area contributed by atoms with Gasteiger partial charge in [0.1, 0.15) is 12.4 Å². The third-order valence-corrected chi connectivity index (χ3v) is 4.89. The number of halogens is 2. The number of amides is 1. The fourth-order valence-electron chi connectivity index (χ4n) is 2.41. The minimum Gasteiger partial charge on any atom is -0.490 e. The number of nitrogens with one attached hydrogen (secondary N) is 1. The van der Waals surface area contributed by atoms with Gasteiger partial charge < -0.3 is 14.2 Å². The van der Waals surface area contributed by atoms with E-state index in [-0.39, 0.29) is 5.91 Å². The summed E-state index contributed by atoms with van der Waals surface area (Å²) >= 11 is 6.94. The van der Waals surface area contributed by atoms with Crippen molar-refractivity contribution >= 4 is 44.0 Å². The van der Waals surface area contributed by atoms with Crippen LogP contribution in [0.4, 0.5) is 0 Å². The van der Waals surface area contributed by atoms with Crippen molar-refractivity contribution in [1.29, 1.82) is 0 Å². The standard InChI is InChI=1S/C22H24Br2N2O4/c1-4-9-29-19-8-7-16(13-20(19)28-6-3)22(27)26-25-14-15-11-17(23)21(18(24)12-15)30-10-5-2/h5,7-8,11-14H,2,4,6,9-10H2,1,3H3,(H,26,27)/b25-14+. The monoisotopic (exact) mass is 538 g/mol. The molecule has 0 heterocycles. The highest BCUT2D eigenvalue weighted by atomic mass is 79.9. The summed E-state index contributed by atoms with van der Waals surface area (Å²) in [5.74, 6) is 1.47. The second kappa shape index (κ2) is 12.4. The molecular formula is C22H24Br2N2O4. The number of hydrogen-bond acceptors (Lipinski definition) is 5. The van der Waals surface area contributed by atoms with Crippen LogP contribution in [0.3, 0.4) is 0 Å². The summed E-state index contributed by atoms with van der Waals surface area (Å²) in [6.07, 6.45) is 4.10. The molecule has 1 amide bonds. The molecule has 0 bridgehead atoms. The maximum absolute atomic E-state index is 12.5. The summed E-state index contributed by atoms with van der Waals surface area (Å²) < 4.78 is 18.4. The van der Waals surface area contributed by atoms with Crippen LogP contribution in [0.25, 0.3) is 0 Å². The Bertz CT molecular complexity index is 893. The summed E-state index contributed by atoms with van der Waals surface area (Å²) in [6.45, 7) is 8.99. The van der Waals surface area contributed by atoms with Gasteiger partial charge in [-0.25, -0.2) is 5.43 Å². The molecule has 8 heteroatoms. The molecule has 30 heavy (non-hydrogen) atoms. The highest BCUT2D eigenvalue weighted by Crippen LogP contribution is 2.34. The number of carbonyl (C=O) groups is 1. The van der Waals surface area contributed by atoms with E-state index in [1.165, 1.54) is 0 Å². The first kappa shape index (κ1) is 24.0. The first-order valence-corrected chi connectivity index (χ1v) is 11.0. The van der Waals surface area contributed by atoms with Gasteiger partial charge >= 0.3 is 0 Å². The minimum absolute atomic E-state index is 0.349. The van der Waals surface area contributed by atoms with Gasteiger partial charge in [-0.2, -0.15) is 5.10 Å². The predicted molar refractivity (Wildman–Crippen MR) is 126 cm³/mol. The molecular weight excluding hydrogens is 516 g/mol. The van der Waals surface area contributed by atoms with Crippen molar-refractivity contribution in [2.24, 2.45) is 5.10 Å². The molecule has 0 aromatic heterocycles. The molecule has 1 N–H and O–H groups in total. The lowest BCUT2D eigenvalue weighted by Crippen LogP contribution is -2.17. The van der Waals surface area contributed by atoms with Crippen LogP contribution in [-0.2, 0) is 0 Å². The molecule has 0 saturated heterocycles. The second-order valence-electron chi connectivity index (χ2n) is 6.06. The maximum Gasteiger partial charge on any atom is 0.271 e. The van der Waals surface area contributed by atoms with Crippen molar-refractivity contribution in [3.8, 4) is 17.2 Å². The van der Waals surface area contributed by atoms with Crippen LogP contribution in [0.2, 0.25) is 0 Å². The lowest BCUT2D eigenvalue weighted by molar-refractivity contribution is 0.0954. The van der Waals surface area contributed by atoms with Gasteiger partial charge in [-0.3, -0.25) is 4.79 Å². The van der Waals surface area contributed by atoms with Crippen molar-refractivity contribution in [3.63, 3.8) is 0 Å². The predicted octanol–water partition coefficient (Wildman–Crippen LogP) is 5.73. The van der Waals surface area contributed by atoms with Crippen molar-refractivity contribution < 1.29 is 19.0 Å². The van der Waals surface area contributed by atoms with Crippen LogP contribution >= 0.6 is 31.9 Å². The smallest absolute Gasteiger partial charge is 0.271 e. The van der Waals surface area contributed by atoms with Crippen molar-refractivity contribution in [3.05, 3.63) is 63.1 Å². The van der Waals surface area contributed by atoms with Crippen LogP contribution in [0.1, 0.15) is 36.2 Å². The van der Waals surface area contributed by atoms with E-state index in [4.69, 9.17) is 14.2 Å². The Morgan fingerprint density at radius 2 is 1.83 bits per heavy atom. The third kappa shape index (κ3) is 6.88. The van der Waals surface area contributed by atoms with E-state index in [1.807, 2.05) is 26.0 Å². The fourth-order valence-corrected chi connectivity index (χ4v) is 3.86. The number of hydrazone groups is 1. The molecule has 0 fully saturated rings. The van der Waals surface area contributed by atoms with Crippen molar-refractivity contribution in [2.75, 3.05) is 19.8 Å². The molecule has 2 aromatic rings. The third-order valence-electron chi connectivity index (χ3n) is 3.71. The average Bonchev–Trinajstić information content (AvgIpc) is 2.72. The van der Waals surface area contributed by atoms with Gasteiger partial charge in [0, 0.05) is 5.56 Å². The minimum atomic E-state index is -0.349. The fraction of sp³-hybridized carbons (Fsp3) is 0.273. The van der Waals surface area contributed by atoms with Crippen LogP contribution in [0.5, 0.6) is 17.2 Å². The molecule has 160 valence electrons. The van der Waals surface area contributed by atoms with Gasteiger partial charge in [-0.1, -0.05) is 19.6 Å². The van der Waals surface area contributed by atoms with Gasteiger partial charge in [0.2, 0.25) is 0 Å². The molecule has 0 unspecified atom stereocenters. The Balaban J connectivity index is 2.08. The van der Waals surface area contributed by atoms with E-state index < -0.39 is 0 Å². The zero-order valence-corrected chi connectivity index (χ0v) is 20.1. The summed E-state index contributed by atoms with van der Waals surface area (Å²) in [6, 6.07) is 8.74. The maximum atomic E-state index is 12.5. The molecule has 0 radical (unpaired) electrons. The molecule has 0 atom stereocenters. The van der Waals surface area contributed by atoms with E-state index >= 15 is 0 Å². The quantitative estimate of drug-likeness (QED) is 0.225. The summed E-state index contributed by atoms with van der Waals surface area (Å²) in [5, 5.41) is 4.04. The normalized spacial score (nSPS) is 10.7. The molecule has 0 spiro atoms. The largest absolute Gasteiger partial charge is 0.490 e. The molecule has 0 aliphatic rings. The summed E-state index contributed by atoms with van der Waals surface area (Å²) in [7, 11) is 0. The highest BCUT2D eigenvalue weighted by Gasteiger charge is 2.12. The van der Waals surface area contributed by atoms with Gasteiger partial charge in [-0.15, -0.1) is 0 Å². The molecule has 6 nitrogen and oxygen atoms in total. The van der Waals surface area contributed by atoms with E-state index in [9.17, 15) is 4.79 Å². The second-order valence-corrected chi connectivity index (χ2v) is 7.76. The van der Waals surface area contributed by atoms with Crippen LogP contribution in [0.15, 0.2) is 57.0 Å². The zero-order chi connectivity index (χ0) is 21.9. The molecule has 0 aliphatic heterocycles. The zero-order valence-electron chi connectivity index (χ0n) is 16.9. The molecule has 2 rings (SSSR count). The first-order valence-electron chi connectivity index (χ1n) is 9.45. The molecule has 0 saturated carbocycles. The number of ether oxygens (including phenoxy) is 3. The van der Waals surface area contributed by atoms with E-state index in [0.717, 1.165) is 20.9 Å². The average molecular weight is 540 g/mol. The van der Waals surface area contributed by atoms with Crippen LogP contribution < -0.4 is 19.6 Å². The van der Waals surface area contributed by atoms with Gasteiger partial charge in [0.25, 0.3) is 5.91 Å². The topological polar surface area (TPSA) is 69.2 Å². The number of nitrogens with zero attached hydrogens (tertiary/aromatic N) is 1.